The Kier molecular flexibility index (Phi) is 4.57. The highest BCUT2D eigenvalue weighted by molar-refractivity contribution is 6.01. The molecule has 0 unspecified atom stereocenters. The maximum Gasteiger partial charge on any atom is 0.405 e. The molecule has 0 fully saturated rings. The molecule has 8 heteroatoms. The third kappa shape index (κ3) is 3.58. The van der Waals surface area contributed by atoms with Crippen LogP contribution in [0.15, 0.2) is 0 Å². The number of hydrogen-bond acceptors (Lipinski definition) is 4. The van der Waals surface area contributed by atoms with E-state index in [1.165, 1.54) is 0 Å². The second kappa shape index (κ2) is 5.64. The maximum atomic E-state index is 12.7. The van der Waals surface area contributed by atoms with Gasteiger partial charge in [0.1, 0.15) is 12.4 Å². The summed E-state index contributed by atoms with van der Waals surface area (Å²) in [6.45, 7) is 5.40. The molecule has 1 rings (SSSR count). The summed E-state index contributed by atoms with van der Waals surface area (Å²) in [6.07, 6.45) is -4.38. The molecule has 1 aromatic rings. The number of anilines is 1. The van der Waals surface area contributed by atoms with Crippen molar-refractivity contribution in [2.24, 2.45) is 5.73 Å². The number of nitrogens with zero attached hydrogens (tertiary/aromatic N) is 3. The van der Waals surface area contributed by atoms with Gasteiger partial charge in [-0.2, -0.15) is 18.3 Å². The fourth-order valence-corrected chi connectivity index (χ4v) is 1.81. The Morgan fingerprint density at radius 1 is 1.30 bits per heavy atom. The van der Waals surface area contributed by atoms with Crippen molar-refractivity contribution in [3.05, 3.63) is 16.8 Å². The monoisotopic (exact) mass is 289 g/mol. The largest absolute Gasteiger partial charge is 0.405 e. The van der Waals surface area contributed by atoms with E-state index in [0.29, 0.717) is 11.3 Å². The van der Waals surface area contributed by atoms with Crippen LogP contribution in [0.5, 0.6) is 0 Å². The molecule has 20 heavy (non-hydrogen) atoms. The standard InChI is InChI=1S/C12H18F3N5/c1-6(2)20(5-12(13,14)15)11-9(10(16)17)7(3)8(4)18-19-11/h6H,5H2,1-4H3,(H3,16,17). The Morgan fingerprint density at radius 3 is 2.25 bits per heavy atom. The molecule has 0 aromatic carbocycles. The van der Waals surface area contributed by atoms with Gasteiger partial charge in [-0.15, -0.1) is 5.10 Å². The summed E-state index contributed by atoms with van der Waals surface area (Å²) in [6, 6.07) is -0.453. The summed E-state index contributed by atoms with van der Waals surface area (Å²) in [5.74, 6) is -0.323. The van der Waals surface area contributed by atoms with Gasteiger partial charge in [0.15, 0.2) is 5.82 Å². The van der Waals surface area contributed by atoms with Crippen molar-refractivity contribution in [2.75, 3.05) is 11.4 Å². The molecule has 5 nitrogen and oxygen atoms in total. The number of aromatic nitrogens is 2. The summed E-state index contributed by atoms with van der Waals surface area (Å²) < 4.78 is 38.1. The number of aryl methyl sites for hydroxylation is 1. The lowest BCUT2D eigenvalue weighted by molar-refractivity contribution is -0.120. The van der Waals surface area contributed by atoms with Gasteiger partial charge in [0, 0.05) is 6.04 Å². The van der Waals surface area contributed by atoms with Crippen LogP contribution in [0, 0.1) is 19.3 Å². The molecule has 0 aliphatic heterocycles. The summed E-state index contributed by atoms with van der Waals surface area (Å²) in [4.78, 5) is 1.05. The van der Waals surface area contributed by atoms with Gasteiger partial charge in [0.25, 0.3) is 0 Å². The van der Waals surface area contributed by atoms with Gasteiger partial charge in [-0.1, -0.05) is 0 Å². The van der Waals surface area contributed by atoms with E-state index in [9.17, 15) is 13.2 Å². The second-order valence-corrected chi connectivity index (χ2v) is 4.86. The highest BCUT2D eigenvalue weighted by Gasteiger charge is 2.34. The van der Waals surface area contributed by atoms with E-state index in [4.69, 9.17) is 11.1 Å². The van der Waals surface area contributed by atoms with Gasteiger partial charge in [0.05, 0.1) is 11.3 Å². The van der Waals surface area contributed by atoms with Crippen LogP contribution < -0.4 is 10.6 Å². The average Bonchev–Trinajstić information content (AvgIpc) is 2.27. The minimum atomic E-state index is -4.38. The number of hydrogen-bond donors (Lipinski definition) is 2. The van der Waals surface area contributed by atoms with Crippen molar-refractivity contribution in [1.82, 2.24) is 10.2 Å². The zero-order chi connectivity index (χ0) is 15.7. The first kappa shape index (κ1) is 16.2. The van der Waals surface area contributed by atoms with E-state index in [2.05, 4.69) is 10.2 Å². The van der Waals surface area contributed by atoms with Crippen molar-refractivity contribution in [3.8, 4) is 0 Å². The quantitative estimate of drug-likeness (QED) is 0.657. The highest BCUT2D eigenvalue weighted by Crippen LogP contribution is 2.27. The molecule has 0 amide bonds. The van der Waals surface area contributed by atoms with Crippen molar-refractivity contribution in [1.29, 1.82) is 5.41 Å². The zero-order valence-corrected chi connectivity index (χ0v) is 11.8. The fourth-order valence-electron chi connectivity index (χ4n) is 1.81. The number of nitrogens with one attached hydrogen (secondary N) is 1. The van der Waals surface area contributed by atoms with Gasteiger partial charge in [-0.05, 0) is 33.3 Å². The molecule has 0 radical (unpaired) electrons. The van der Waals surface area contributed by atoms with Gasteiger partial charge in [-0.3, -0.25) is 5.41 Å². The third-order valence-corrected chi connectivity index (χ3v) is 2.95. The van der Waals surface area contributed by atoms with Gasteiger partial charge in [-0.25, -0.2) is 0 Å². The molecule has 0 saturated heterocycles. The van der Waals surface area contributed by atoms with Crippen LogP contribution in [0.25, 0.3) is 0 Å². The van der Waals surface area contributed by atoms with E-state index in [1.54, 1.807) is 27.7 Å². The van der Waals surface area contributed by atoms with Crippen LogP contribution in [0.2, 0.25) is 0 Å². The molecule has 0 saturated carbocycles. The van der Waals surface area contributed by atoms with Gasteiger partial charge < -0.3 is 10.6 Å². The van der Waals surface area contributed by atoms with Crippen LogP contribution >= 0.6 is 0 Å². The number of nitrogen functional groups attached to an aromatic ring is 1. The Morgan fingerprint density at radius 2 is 1.85 bits per heavy atom. The molecule has 112 valence electrons. The van der Waals surface area contributed by atoms with Gasteiger partial charge in [0.2, 0.25) is 0 Å². The normalized spacial score (nSPS) is 11.8. The van der Waals surface area contributed by atoms with Crippen molar-refractivity contribution >= 4 is 11.7 Å². The maximum absolute atomic E-state index is 12.7. The first-order valence-electron chi connectivity index (χ1n) is 6.06. The fraction of sp³-hybridized carbons (Fsp3) is 0.583. The van der Waals surface area contributed by atoms with Crippen LogP contribution in [-0.2, 0) is 0 Å². The van der Waals surface area contributed by atoms with E-state index in [1.807, 2.05) is 0 Å². The number of amidine groups is 1. The number of halogens is 3. The SMILES string of the molecule is Cc1nnc(N(CC(F)(F)F)C(C)C)c(C(=N)N)c1C. The number of alkyl halides is 3. The summed E-state index contributed by atoms with van der Waals surface area (Å²) in [5, 5.41) is 15.2. The zero-order valence-electron chi connectivity index (χ0n) is 11.8. The Labute approximate surface area is 115 Å². The van der Waals surface area contributed by atoms with Crippen LogP contribution in [0.3, 0.4) is 0 Å². The molecular formula is C12H18F3N5. The molecule has 0 atom stereocenters. The topological polar surface area (TPSA) is 78.9 Å². The van der Waals surface area contributed by atoms with Crippen LogP contribution in [0.1, 0.15) is 30.7 Å². The molecule has 0 aliphatic rings. The minimum Gasteiger partial charge on any atom is -0.384 e. The predicted octanol–water partition coefficient (Wildman–Crippen LogP) is 2.15. The van der Waals surface area contributed by atoms with Gasteiger partial charge >= 0.3 is 6.18 Å². The highest BCUT2D eigenvalue weighted by atomic mass is 19.4. The van der Waals surface area contributed by atoms with E-state index < -0.39 is 18.8 Å². The third-order valence-electron chi connectivity index (χ3n) is 2.95. The molecule has 0 spiro atoms. The van der Waals surface area contributed by atoms with Crippen LogP contribution in [-0.4, -0.2) is 34.8 Å². The Bertz CT molecular complexity index is 511. The first-order chi connectivity index (χ1) is 9.04. The average molecular weight is 289 g/mol. The number of nitrogens with two attached hydrogens (primary N) is 1. The lowest BCUT2D eigenvalue weighted by Crippen LogP contribution is -2.41. The predicted molar refractivity (Wildman–Crippen MR) is 71.1 cm³/mol. The molecular weight excluding hydrogens is 271 g/mol. The van der Waals surface area contributed by atoms with Crippen molar-refractivity contribution in [2.45, 2.75) is 39.9 Å². The molecule has 1 aromatic heterocycles. The molecule has 1 heterocycles. The van der Waals surface area contributed by atoms with E-state index >= 15 is 0 Å². The van der Waals surface area contributed by atoms with E-state index in [0.717, 1.165) is 4.90 Å². The summed E-state index contributed by atoms with van der Waals surface area (Å²) >= 11 is 0. The van der Waals surface area contributed by atoms with E-state index in [-0.39, 0.29) is 17.2 Å². The summed E-state index contributed by atoms with van der Waals surface area (Å²) in [7, 11) is 0. The first-order valence-corrected chi connectivity index (χ1v) is 6.06. The summed E-state index contributed by atoms with van der Waals surface area (Å²) in [5.41, 5.74) is 6.80. The second-order valence-electron chi connectivity index (χ2n) is 4.86. The smallest absolute Gasteiger partial charge is 0.384 e. The number of rotatable bonds is 4. The molecule has 0 aliphatic carbocycles. The van der Waals surface area contributed by atoms with Crippen molar-refractivity contribution < 1.29 is 13.2 Å². The van der Waals surface area contributed by atoms with Crippen LogP contribution in [0.4, 0.5) is 19.0 Å². The Hall–Kier alpha value is -1.86. The van der Waals surface area contributed by atoms with Crippen molar-refractivity contribution in [3.63, 3.8) is 0 Å². The molecule has 0 bridgehead atoms. The molecule has 3 N–H and O–H groups in total. The minimum absolute atomic E-state index is 0.00655. The Balaban J connectivity index is 3.41. The lowest BCUT2D eigenvalue weighted by atomic mass is 10.1. The lowest BCUT2D eigenvalue weighted by Gasteiger charge is -2.30.